The van der Waals surface area contributed by atoms with Crippen LogP contribution >= 0.6 is 15.6 Å². The van der Waals surface area contributed by atoms with Crippen molar-refractivity contribution in [1.29, 1.82) is 0 Å². The fourth-order valence-corrected chi connectivity index (χ4v) is 14.2. The average Bonchev–Trinajstić information content (AvgIpc) is 0.931. The van der Waals surface area contributed by atoms with Crippen molar-refractivity contribution in [2.24, 2.45) is 5.92 Å². The largest absolute Gasteiger partial charge is 0.472 e. The highest BCUT2D eigenvalue weighted by atomic mass is 31.2. The number of phosphoric ester groups is 2. The van der Waals surface area contributed by atoms with Crippen LogP contribution in [-0.2, 0) is 65.4 Å². The molecule has 3 N–H and O–H groups in total. The van der Waals surface area contributed by atoms with Crippen molar-refractivity contribution in [3.05, 3.63) is 0 Å². The Bertz CT molecular complexity index is 1910. The van der Waals surface area contributed by atoms with Crippen LogP contribution in [0.4, 0.5) is 0 Å². The third-order valence-electron chi connectivity index (χ3n) is 19.0. The van der Waals surface area contributed by atoms with Gasteiger partial charge in [0.1, 0.15) is 19.3 Å². The Morgan fingerprint density at radius 2 is 0.460 bits per heavy atom. The number of aliphatic hydroxyl groups is 1. The molecule has 0 aromatic rings. The van der Waals surface area contributed by atoms with E-state index in [1.165, 1.54) is 244 Å². The molecule has 0 saturated carbocycles. The molecule has 0 aliphatic heterocycles. The van der Waals surface area contributed by atoms with Gasteiger partial charge in [-0.3, -0.25) is 37.3 Å². The standard InChI is InChI=1S/C81H158O17P2/c1-6-9-12-15-18-20-22-24-26-33-37-41-45-50-55-60-65-79(84)92-71-77(98-81(86)67-62-57-52-47-43-39-35-31-29-28-30-32-36-40-44-49-53-58-63-74(4)5)73-96-100(89,90)94-69-75(82)68-93-99(87,88)95-72-76(70-91-78(83)64-59-54-48-17-14-11-8-3)97-80(85)66-61-56-51-46-42-38-34-27-25-23-21-19-16-13-10-7-2/h74-77,82H,6-73H2,1-5H3,(H,87,88)(H,89,90)/t75-,76+,77+/m0/s1. The molecule has 17 nitrogen and oxygen atoms in total. The fraction of sp³-hybridized carbons (Fsp3) is 0.951. The highest BCUT2D eigenvalue weighted by molar-refractivity contribution is 7.47. The summed E-state index contributed by atoms with van der Waals surface area (Å²) in [6.07, 6.45) is 65.4. The Kier molecular flexibility index (Phi) is 72.5. The van der Waals surface area contributed by atoms with Gasteiger partial charge in [-0.2, -0.15) is 0 Å². The van der Waals surface area contributed by atoms with E-state index in [0.29, 0.717) is 25.7 Å². The molecule has 0 fully saturated rings. The number of esters is 4. The molecule has 2 unspecified atom stereocenters. The van der Waals surface area contributed by atoms with E-state index in [0.717, 1.165) is 109 Å². The minimum atomic E-state index is -4.96. The number of unbranched alkanes of at least 4 members (excludes halogenated alkanes) is 53. The second-order valence-electron chi connectivity index (χ2n) is 29.6. The van der Waals surface area contributed by atoms with E-state index >= 15 is 0 Å². The van der Waals surface area contributed by atoms with E-state index in [9.17, 15) is 43.2 Å². The van der Waals surface area contributed by atoms with Crippen LogP contribution < -0.4 is 0 Å². The van der Waals surface area contributed by atoms with Gasteiger partial charge in [0.15, 0.2) is 12.2 Å². The zero-order valence-corrected chi connectivity index (χ0v) is 67.1. The molecular weight excluding hydrogens is 1310 g/mol. The molecule has 5 atom stereocenters. The monoisotopic (exact) mass is 1470 g/mol. The van der Waals surface area contributed by atoms with E-state index in [1.807, 2.05) is 0 Å². The van der Waals surface area contributed by atoms with Gasteiger partial charge in [-0.25, -0.2) is 9.13 Å². The van der Waals surface area contributed by atoms with Crippen molar-refractivity contribution >= 4 is 39.5 Å². The SMILES string of the molecule is CCCCCCCCCCCCCCCCCCC(=O)OC[C@H](COP(=O)(O)OC[C@@H](O)COP(=O)(O)OC[C@@H](COC(=O)CCCCCCCCC)OC(=O)CCCCCCCCCCCCCCCCCC)OC(=O)CCCCCCCCCCCCCCCCCCCCC(C)C. The fourth-order valence-electron chi connectivity index (χ4n) is 12.6. The van der Waals surface area contributed by atoms with Crippen LogP contribution in [0.3, 0.4) is 0 Å². The molecule has 0 aromatic heterocycles. The molecule has 100 heavy (non-hydrogen) atoms. The third-order valence-corrected chi connectivity index (χ3v) is 20.9. The molecule has 0 radical (unpaired) electrons. The molecule has 0 saturated heterocycles. The lowest BCUT2D eigenvalue weighted by molar-refractivity contribution is -0.161. The molecule has 0 spiro atoms. The molecule has 0 aliphatic rings. The third kappa shape index (κ3) is 74.3. The Morgan fingerprint density at radius 1 is 0.270 bits per heavy atom. The Balaban J connectivity index is 5.16. The maximum atomic E-state index is 13.1. The van der Waals surface area contributed by atoms with Crippen molar-refractivity contribution in [2.45, 2.75) is 451 Å². The highest BCUT2D eigenvalue weighted by Crippen LogP contribution is 2.45. The number of carbonyl (C=O) groups excluding carboxylic acids is 4. The average molecular weight is 1470 g/mol. The summed E-state index contributed by atoms with van der Waals surface area (Å²) in [5.41, 5.74) is 0. The number of hydrogen-bond donors (Lipinski definition) is 3. The molecular formula is C81H158O17P2. The van der Waals surface area contributed by atoms with Gasteiger partial charge in [0, 0.05) is 25.7 Å². The van der Waals surface area contributed by atoms with Gasteiger partial charge >= 0.3 is 39.5 Å². The van der Waals surface area contributed by atoms with Gasteiger partial charge in [-0.05, 0) is 31.6 Å². The molecule has 0 heterocycles. The molecule has 0 bridgehead atoms. The number of phosphoric acid groups is 2. The van der Waals surface area contributed by atoms with Crippen LogP contribution in [0.25, 0.3) is 0 Å². The lowest BCUT2D eigenvalue weighted by atomic mass is 10.0. The summed E-state index contributed by atoms with van der Waals surface area (Å²) in [6, 6.07) is 0. The normalized spacial score (nSPS) is 13.8. The zero-order valence-electron chi connectivity index (χ0n) is 65.3. The number of ether oxygens (including phenoxy) is 4. The van der Waals surface area contributed by atoms with Crippen LogP contribution in [-0.4, -0.2) is 96.7 Å². The van der Waals surface area contributed by atoms with Gasteiger partial charge in [0.25, 0.3) is 0 Å². The molecule has 0 rings (SSSR count). The van der Waals surface area contributed by atoms with Crippen LogP contribution in [0.5, 0.6) is 0 Å². The second kappa shape index (κ2) is 73.9. The van der Waals surface area contributed by atoms with Crippen LogP contribution in [0, 0.1) is 5.92 Å². The highest BCUT2D eigenvalue weighted by Gasteiger charge is 2.30. The minimum Gasteiger partial charge on any atom is -0.462 e. The van der Waals surface area contributed by atoms with E-state index < -0.39 is 97.5 Å². The number of carbonyl (C=O) groups is 4. The molecule has 0 aliphatic carbocycles. The van der Waals surface area contributed by atoms with Crippen LogP contribution in [0.15, 0.2) is 0 Å². The summed E-state index contributed by atoms with van der Waals surface area (Å²) >= 11 is 0. The van der Waals surface area contributed by atoms with Crippen molar-refractivity contribution in [3.63, 3.8) is 0 Å². The number of hydrogen-bond acceptors (Lipinski definition) is 15. The first-order valence-corrected chi connectivity index (χ1v) is 45.1. The second-order valence-corrected chi connectivity index (χ2v) is 32.5. The summed E-state index contributed by atoms with van der Waals surface area (Å²) in [5.74, 6) is -1.29. The smallest absolute Gasteiger partial charge is 0.462 e. The molecule has 0 aromatic carbocycles. The summed E-state index contributed by atoms with van der Waals surface area (Å²) in [7, 11) is -9.91. The predicted octanol–water partition coefficient (Wildman–Crippen LogP) is 24.4. The lowest BCUT2D eigenvalue weighted by Gasteiger charge is -2.21. The topological polar surface area (TPSA) is 237 Å². The van der Waals surface area contributed by atoms with Crippen molar-refractivity contribution in [1.82, 2.24) is 0 Å². The maximum Gasteiger partial charge on any atom is 0.472 e. The Morgan fingerprint density at radius 3 is 0.680 bits per heavy atom. The van der Waals surface area contributed by atoms with E-state index in [-0.39, 0.29) is 25.7 Å². The first-order chi connectivity index (χ1) is 48.5. The summed E-state index contributed by atoms with van der Waals surface area (Å²) in [5, 5.41) is 10.6. The Hall–Kier alpha value is -1.94. The van der Waals surface area contributed by atoms with E-state index in [1.54, 1.807) is 0 Å². The maximum absolute atomic E-state index is 13.1. The van der Waals surface area contributed by atoms with Gasteiger partial charge < -0.3 is 33.8 Å². The summed E-state index contributed by atoms with van der Waals surface area (Å²) < 4.78 is 68.6. The number of aliphatic hydroxyl groups excluding tert-OH is 1. The van der Waals surface area contributed by atoms with E-state index in [2.05, 4.69) is 34.6 Å². The lowest BCUT2D eigenvalue weighted by Crippen LogP contribution is -2.30. The van der Waals surface area contributed by atoms with E-state index in [4.69, 9.17) is 37.0 Å². The van der Waals surface area contributed by atoms with Crippen molar-refractivity contribution in [2.75, 3.05) is 39.6 Å². The first kappa shape index (κ1) is 98.1. The van der Waals surface area contributed by atoms with Crippen molar-refractivity contribution < 1.29 is 80.2 Å². The van der Waals surface area contributed by atoms with Crippen LogP contribution in [0.1, 0.15) is 433 Å². The van der Waals surface area contributed by atoms with Crippen molar-refractivity contribution in [3.8, 4) is 0 Å². The minimum absolute atomic E-state index is 0.108. The quantitative estimate of drug-likeness (QED) is 0.0222. The summed E-state index contributed by atoms with van der Waals surface area (Å²) in [4.78, 5) is 72.9. The van der Waals surface area contributed by atoms with Crippen LogP contribution in [0.2, 0.25) is 0 Å². The predicted molar refractivity (Wildman–Crippen MR) is 409 cm³/mol. The Labute approximate surface area is 613 Å². The van der Waals surface area contributed by atoms with Gasteiger partial charge in [-0.1, -0.05) is 381 Å². The molecule has 0 amide bonds. The summed E-state index contributed by atoms with van der Waals surface area (Å²) in [6.45, 7) is 7.33. The zero-order chi connectivity index (χ0) is 73.4. The van der Waals surface area contributed by atoms with Gasteiger partial charge in [-0.15, -0.1) is 0 Å². The molecule has 594 valence electrons. The molecule has 19 heteroatoms. The number of rotatable bonds is 81. The first-order valence-electron chi connectivity index (χ1n) is 42.1. The van der Waals surface area contributed by atoms with Gasteiger partial charge in [0.05, 0.1) is 26.4 Å². The van der Waals surface area contributed by atoms with Gasteiger partial charge in [0.2, 0.25) is 0 Å².